The van der Waals surface area contributed by atoms with Crippen molar-refractivity contribution in [2.45, 2.75) is 33.1 Å². The van der Waals surface area contributed by atoms with Gasteiger partial charge in [0.15, 0.2) is 5.82 Å². The van der Waals surface area contributed by atoms with E-state index in [1.807, 2.05) is 54.6 Å². The summed E-state index contributed by atoms with van der Waals surface area (Å²) in [5.41, 5.74) is 5.00. The lowest BCUT2D eigenvalue weighted by atomic mass is 9.99. The van der Waals surface area contributed by atoms with Gasteiger partial charge in [-0.1, -0.05) is 61.8 Å². The molecule has 0 fully saturated rings. The fourth-order valence-electron chi connectivity index (χ4n) is 3.03. The number of carboxylic acids is 1. The van der Waals surface area contributed by atoms with Crippen molar-refractivity contribution in [2.75, 3.05) is 0 Å². The van der Waals surface area contributed by atoms with Gasteiger partial charge in [-0.2, -0.15) is 0 Å². The first-order valence-corrected chi connectivity index (χ1v) is 9.75. The number of aliphatic carboxylic acids is 1. The monoisotopic (exact) mass is 394 g/mol. The molecule has 0 aliphatic rings. The fourth-order valence-corrected chi connectivity index (χ4v) is 3.22. The molecule has 1 atom stereocenters. The molecule has 0 spiro atoms. The lowest BCUT2D eigenvalue weighted by molar-refractivity contribution is -0.141. The maximum absolute atomic E-state index is 11.0. The number of carboxylic acid groups (broad SMARTS) is 1. The highest BCUT2D eigenvalue weighted by molar-refractivity contribution is 6.30. The van der Waals surface area contributed by atoms with Gasteiger partial charge in [-0.05, 0) is 42.2 Å². The van der Waals surface area contributed by atoms with Crippen LogP contribution < -0.4 is 0 Å². The summed E-state index contributed by atoms with van der Waals surface area (Å²) >= 11 is 6.12. The summed E-state index contributed by atoms with van der Waals surface area (Å²) in [4.78, 5) is 20.4. The van der Waals surface area contributed by atoms with E-state index < -0.39 is 5.97 Å². The molecule has 4 nitrogen and oxygen atoms in total. The SMILES string of the molecule is CCc1cc(Cc2ccc(CC(C)C(=O)O)cc2)nc(-c2cccc(Cl)c2)n1. The molecule has 1 heterocycles. The molecular weight excluding hydrogens is 372 g/mol. The molecule has 2 aromatic carbocycles. The molecule has 0 aliphatic carbocycles. The van der Waals surface area contributed by atoms with Crippen molar-refractivity contribution in [3.63, 3.8) is 0 Å². The van der Waals surface area contributed by atoms with Crippen LogP contribution in [0.4, 0.5) is 0 Å². The summed E-state index contributed by atoms with van der Waals surface area (Å²) in [6.07, 6.45) is 2.05. The Hall–Kier alpha value is -2.72. The smallest absolute Gasteiger partial charge is 0.306 e. The Balaban J connectivity index is 1.82. The van der Waals surface area contributed by atoms with Crippen molar-refractivity contribution in [1.82, 2.24) is 9.97 Å². The third kappa shape index (κ3) is 5.17. The first-order chi connectivity index (χ1) is 13.4. The van der Waals surface area contributed by atoms with Gasteiger partial charge < -0.3 is 5.11 Å². The van der Waals surface area contributed by atoms with Crippen LogP contribution in [0.15, 0.2) is 54.6 Å². The highest BCUT2D eigenvalue weighted by Crippen LogP contribution is 2.21. The van der Waals surface area contributed by atoms with Crippen LogP contribution >= 0.6 is 11.6 Å². The summed E-state index contributed by atoms with van der Waals surface area (Å²) in [6.45, 7) is 3.80. The average molecular weight is 395 g/mol. The van der Waals surface area contributed by atoms with Gasteiger partial charge in [-0.3, -0.25) is 4.79 Å². The predicted molar refractivity (Wildman–Crippen MR) is 112 cm³/mol. The molecule has 1 aromatic heterocycles. The van der Waals surface area contributed by atoms with E-state index in [0.29, 0.717) is 23.7 Å². The molecule has 0 aliphatic heterocycles. The molecule has 0 bridgehead atoms. The van der Waals surface area contributed by atoms with E-state index in [0.717, 1.165) is 34.5 Å². The van der Waals surface area contributed by atoms with Gasteiger partial charge in [0.2, 0.25) is 0 Å². The van der Waals surface area contributed by atoms with Crippen LogP contribution in [0.1, 0.15) is 36.4 Å². The Morgan fingerprint density at radius 2 is 1.71 bits per heavy atom. The number of nitrogens with zero attached hydrogens (tertiary/aromatic N) is 2. The van der Waals surface area contributed by atoms with Gasteiger partial charge in [0.05, 0.1) is 5.92 Å². The highest BCUT2D eigenvalue weighted by Gasteiger charge is 2.12. The lowest BCUT2D eigenvalue weighted by Gasteiger charge is -2.09. The minimum absolute atomic E-state index is 0.389. The van der Waals surface area contributed by atoms with Gasteiger partial charge in [-0.25, -0.2) is 9.97 Å². The van der Waals surface area contributed by atoms with Crippen LogP contribution in [0.25, 0.3) is 11.4 Å². The first kappa shape index (κ1) is 20.0. The average Bonchev–Trinajstić information content (AvgIpc) is 2.69. The van der Waals surface area contributed by atoms with Crippen LogP contribution in [-0.2, 0) is 24.1 Å². The van der Waals surface area contributed by atoms with E-state index in [2.05, 4.69) is 11.9 Å². The van der Waals surface area contributed by atoms with Crippen molar-refractivity contribution in [2.24, 2.45) is 5.92 Å². The Morgan fingerprint density at radius 3 is 2.36 bits per heavy atom. The second-order valence-electron chi connectivity index (χ2n) is 6.97. The van der Waals surface area contributed by atoms with E-state index in [1.54, 1.807) is 6.92 Å². The van der Waals surface area contributed by atoms with Gasteiger partial charge >= 0.3 is 5.97 Å². The third-order valence-corrected chi connectivity index (χ3v) is 4.88. The normalized spacial score (nSPS) is 12.0. The number of benzene rings is 2. The Bertz CT molecular complexity index is 971. The number of halogens is 1. The molecule has 0 saturated carbocycles. The summed E-state index contributed by atoms with van der Waals surface area (Å²) in [6, 6.07) is 17.7. The van der Waals surface area contributed by atoms with Crippen molar-refractivity contribution < 1.29 is 9.90 Å². The summed E-state index contributed by atoms with van der Waals surface area (Å²) in [5, 5.41) is 9.72. The predicted octanol–water partition coefficient (Wildman–Crippen LogP) is 5.21. The maximum Gasteiger partial charge on any atom is 0.306 e. The van der Waals surface area contributed by atoms with E-state index in [9.17, 15) is 4.79 Å². The number of aryl methyl sites for hydroxylation is 1. The molecule has 0 radical (unpaired) electrons. The Labute approximate surface area is 170 Å². The molecule has 28 heavy (non-hydrogen) atoms. The highest BCUT2D eigenvalue weighted by atomic mass is 35.5. The molecular formula is C23H23ClN2O2. The third-order valence-electron chi connectivity index (χ3n) is 4.65. The number of carbonyl (C=O) groups is 1. The molecule has 144 valence electrons. The van der Waals surface area contributed by atoms with Crippen molar-refractivity contribution in [1.29, 1.82) is 0 Å². The minimum Gasteiger partial charge on any atom is -0.481 e. The van der Waals surface area contributed by atoms with Crippen molar-refractivity contribution >= 4 is 17.6 Å². The van der Waals surface area contributed by atoms with Crippen LogP contribution in [0.2, 0.25) is 5.02 Å². The van der Waals surface area contributed by atoms with E-state index >= 15 is 0 Å². The summed E-state index contributed by atoms with van der Waals surface area (Å²) < 4.78 is 0. The fraction of sp³-hybridized carbons (Fsp3) is 0.261. The molecule has 1 unspecified atom stereocenters. The zero-order valence-corrected chi connectivity index (χ0v) is 16.8. The van der Waals surface area contributed by atoms with E-state index in [-0.39, 0.29) is 5.92 Å². The lowest BCUT2D eigenvalue weighted by Crippen LogP contribution is -2.12. The van der Waals surface area contributed by atoms with E-state index in [1.165, 1.54) is 0 Å². The number of hydrogen-bond donors (Lipinski definition) is 1. The molecule has 3 aromatic rings. The summed E-state index contributed by atoms with van der Waals surface area (Å²) in [7, 11) is 0. The van der Waals surface area contributed by atoms with Crippen LogP contribution in [-0.4, -0.2) is 21.0 Å². The molecule has 3 rings (SSSR count). The number of hydrogen-bond acceptors (Lipinski definition) is 3. The summed E-state index contributed by atoms with van der Waals surface area (Å²) in [5.74, 6) is -0.477. The maximum atomic E-state index is 11.0. The van der Waals surface area contributed by atoms with Gasteiger partial charge in [0.1, 0.15) is 0 Å². The molecule has 0 amide bonds. The van der Waals surface area contributed by atoms with E-state index in [4.69, 9.17) is 21.7 Å². The molecule has 1 N–H and O–H groups in total. The van der Waals surface area contributed by atoms with Gasteiger partial charge in [-0.15, -0.1) is 0 Å². The first-order valence-electron chi connectivity index (χ1n) is 9.38. The largest absolute Gasteiger partial charge is 0.481 e. The van der Waals surface area contributed by atoms with Crippen LogP contribution in [0, 0.1) is 5.92 Å². The molecule has 5 heteroatoms. The second-order valence-corrected chi connectivity index (χ2v) is 7.41. The quantitative estimate of drug-likeness (QED) is 0.597. The van der Waals surface area contributed by atoms with Gasteiger partial charge in [0.25, 0.3) is 0 Å². The van der Waals surface area contributed by atoms with Crippen molar-refractivity contribution in [3.8, 4) is 11.4 Å². The minimum atomic E-state index is -0.772. The number of rotatable bonds is 7. The topological polar surface area (TPSA) is 63.1 Å². The standard InChI is InChI=1S/C23H23ClN2O2/c1-3-20-14-21(26-22(25-20)18-5-4-6-19(24)13-18)12-17-9-7-16(8-10-17)11-15(2)23(27)28/h4-10,13-15H,3,11-12H2,1-2H3,(H,27,28). The second kappa shape index (κ2) is 8.98. The Morgan fingerprint density at radius 1 is 1.04 bits per heavy atom. The van der Waals surface area contributed by atoms with Crippen molar-refractivity contribution in [3.05, 3.63) is 82.1 Å². The van der Waals surface area contributed by atoms with Gasteiger partial charge in [0, 0.05) is 28.4 Å². The number of aromatic nitrogens is 2. The zero-order valence-electron chi connectivity index (χ0n) is 16.0. The Kier molecular flexibility index (Phi) is 6.42. The molecule has 0 saturated heterocycles. The van der Waals surface area contributed by atoms with Crippen LogP contribution in [0.5, 0.6) is 0 Å². The van der Waals surface area contributed by atoms with Crippen LogP contribution in [0.3, 0.4) is 0 Å². The zero-order chi connectivity index (χ0) is 20.1.